The van der Waals surface area contributed by atoms with E-state index in [4.69, 9.17) is 4.98 Å². The zero-order chi connectivity index (χ0) is 19.5. The lowest BCUT2D eigenvalue weighted by Gasteiger charge is -2.08. The van der Waals surface area contributed by atoms with Gasteiger partial charge in [-0.1, -0.05) is 59.7 Å². The maximum atomic E-state index is 12.5. The Labute approximate surface area is 168 Å². The number of rotatable bonds is 4. The standard InChI is InChI=1S/C24H20N2OS/c1-16-12-17(2)14-20(13-16)23(27)25-21-10-8-18(9-11-21)22-15-28-24(26-22)19-6-4-3-5-7-19/h3-15H,1-2H3,(H,25,27). The highest BCUT2D eigenvalue weighted by molar-refractivity contribution is 7.13. The summed E-state index contributed by atoms with van der Waals surface area (Å²) in [6.45, 7) is 3.99. The first kappa shape index (κ1) is 18.1. The summed E-state index contributed by atoms with van der Waals surface area (Å²) in [6, 6.07) is 23.8. The lowest BCUT2D eigenvalue weighted by atomic mass is 10.1. The van der Waals surface area contributed by atoms with Gasteiger partial charge in [-0.15, -0.1) is 11.3 Å². The molecule has 28 heavy (non-hydrogen) atoms. The molecule has 3 nitrogen and oxygen atoms in total. The van der Waals surface area contributed by atoms with Gasteiger partial charge in [-0.3, -0.25) is 4.79 Å². The van der Waals surface area contributed by atoms with Crippen molar-refractivity contribution in [1.82, 2.24) is 4.98 Å². The van der Waals surface area contributed by atoms with Crippen molar-refractivity contribution in [2.24, 2.45) is 0 Å². The summed E-state index contributed by atoms with van der Waals surface area (Å²) in [4.78, 5) is 17.3. The van der Waals surface area contributed by atoms with Crippen molar-refractivity contribution in [2.75, 3.05) is 5.32 Å². The van der Waals surface area contributed by atoms with E-state index in [1.165, 1.54) is 0 Å². The summed E-state index contributed by atoms with van der Waals surface area (Å²) in [5.74, 6) is -0.0976. The van der Waals surface area contributed by atoms with E-state index in [1.54, 1.807) is 11.3 Å². The molecular weight excluding hydrogens is 364 g/mol. The molecule has 0 aliphatic rings. The number of aryl methyl sites for hydroxylation is 2. The van der Waals surface area contributed by atoms with E-state index in [0.29, 0.717) is 5.56 Å². The Balaban J connectivity index is 1.50. The minimum Gasteiger partial charge on any atom is -0.322 e. The minimum atomic E-state index is -0.0976. The van der Waals surface area contributed by atoms with Gasteiger partial charge in [0.2, 0.25) is 0 Å². The van der Waals surface area contributed by atoms with E-state index in [9.17, 15) is 4.79 Å². The van der Waals surface area contributed by atoms with Crippen LogP contribution in [0.3, 0.4) is 0 Å². The van der Waals surface area contributed by atoms with Crippen molar-refractivity contribution in [3.63, 3.8) is 0 Å². The first-order chi connectivity index (χ1) is 13.6. The normalized spacial score (nSPS) is 10.6. The van der Waals surface area contributed by atoms with Crippen LogP contribution in [0.5, 0.6) is 0 Å². The van der Waals surface area contributed by atoms with Gasteiger partial charge < -0.3 is 5.32 Å². The fraction of sp³-hybridized carbons (Fsp3) is 0.0833. The van der Waals surface area contributed by atoms with Crippen molar-refractivity contribution in [2.45, 2.75) is 13.8 Å². The number of amides is 1. The maximum Gasteiger partial charge on any atom is 0.255 e. The SMILES string of the molecule is Cc1cc(C)cc(C(=O)Nc2ccc(-c3csc(-c4ccccc4)n3)cc2)c1. The van der Waals surface area contributed by atoms with Gasteiger partial charge in [-0.05, 0) is 38.1 Å². The molecule has 0 radical (unpaired) electrons. The van der Waals surface area contributed by atoms with E-state index in [2.05, 4.69) is 28.9 Å². The van der Waals surface area contributed by atoms with E-state index in [1.807, 2.05) is 68.4 Å². The van der Waals surface area contributed by atoms with Gasteiger partial charge in [0.25, 0.3) is 5.91 Å². The van der Waals surface area contributed by atoms with E-state index in [0.717, 1.165) is 38.6 Å². The molecule has 1 aromatic heterocycles. The molecule has 1 heterocycles. The molecule has 4 rings (SSSR count). The van der Waals surface area contributed by atoms with E-state index >= 15 is 0 Å². The van der Waals surface area contributed by atoms with Gasteiger partial charge in [0.1, 0.15) is 5.01 Å². The summed E-state index contributed by atoms with van der Waals surface area (Å²) in [5.41, 5.74) is 6.70. The van der Waals surface area contributed by atoms with Crippen LogP contribution in [0.4, 0.5) is 5.69 Å². The van der Waals surface area contributed by atoms with Crippen LogP contribution in [0.2, 0.25) is 0 Å². The third-order valence-electron chi connectivity index (χ3n) is 4.45. The highest BCUT2D eigenvalue weighted by Gasteiger charge is 2.09. The fourth-order valence-corrected chi connectivity index (χ4v) is 3.99. The largest absolute Gasteiger partial charge is 0.322 e. The van der Waals surface area contributed by atoms with Crippen molar-refractivity contribution >= 4 is 22.9 Å². The molecule has 1 N–H and O–H groups in total. The number of aromatic nitrogens is 1. The van der Waals surface area contributed by atoms with Crippen LogP contribution >= 0.6 is 11.3 Å². The number of carbonyl (C=O) groups is 1. The van der Waals surface area contributed by atoms with Gasteiger partial charge in [0.15, 0.2) is 0 Å². The quantitative estimate of drug-likeness (QED) is 0.446. The van der Waals surface area contributed by atoms with Crippen molar-refractivity contribution in [3.8, 4) is 21.8 Å². The molecule has 0 saturated heterocycles. The number of carbonyl (C=O) groups excluding carboxylic acids is 1. The number of anilines is 1. The predicted octanol–water partition coefficient (Wildman–Crippen LogP) is 6.35. The van der Waals surface area contributed by atoms with Crippen LogP contribution in [0, 0.1) is 13.8 Å². The van der Waals surface area contributed by atoms with Gasteiger partial charge >= 0.3 is 0 Å². The Morgan fingerprint density at radius 3 is 2.21 bits per heavy atom. The number of benzene rings is 3. The zero-order valence-electron chi connectivity index (χ0n) is 15.8. The van der Waals surface area contributed by atoms with Crippen LogP contribution < -0.4 is 5.32 Å². The monoisotopic (exact) mass is 384 g/mol. The second-order valence-corrected chi connectivity index (χ2v) is 7.67. The molecule has 0 bridgehead atoms. The number of hydrogen-bond donors (Lipinski definition) is 1. The average molecular weight is 385 g/mol. The van der Waals surface area contributed by atoms with Crippen molar-refractivity contribution in [3.05, 3.63) is 94.9 Å². The van der Waals surface area contributed by atoms with Crippen LogP contribution in [-0.2, 0) is 0 Å². The lowest BCUT2D eigenvalue weighted by Crippen LogP contribution is -2.12. The molecule has 0 spiro atoms. The Kier molecular flexibility index (Phi) is 5.04. The molecule has 4 heteroatoms. The lowest BCUT2D eigenvalue weighted by molar-refractivity contribution is 0.102. The molecule has 0 unspecified atom stereocenters. The van der Waals surface area contributed by atoms with Crippen molar-refractivity contribution < 1.29 is 4.79 Å². The fourth-order valence-electron chi connectivity index (χ4n) is 3.15. The summed E-state index contributed by atoms with van der Waals surface area (Å²) in [6.07, 6.45) is 0. The van der Waals surface area contributed by atoms with Crippen molar-refractivity contribution in [1.29, 1.82) is 0 Å². The third-order valence-corrected chi connectivity index (χ3v) is 5.34. The van der Waals surface area contributed by atoms with E-state index in [-0.39, 0.29) is 5.91 Å². The second-order valence-electron chi connectivity index (χ2n) is 6.81. The molecule has 0 fully saturated rings. The molecule has 0 aliphatic carbocycles. The third kappa shape index (κ3) is 4.02. The smallest absolute Gasteiger partial charge is 0.255 e. The molecule has 4 aromatic rings. The Hall–Kier alpha value is -3.24. The molecule has 1 amide bonds. The highest BCUT2D eigenvalue weighted by atomic mass is 32.1. The first-order valence-electron chi connectivity index (χ1n) is 9.09. The van der Waals surface area contributed by atoms with Gasteiger partial charge in [-0.25, -0.2) is 4.98 Å². The first-order valence-corrected chi connectivity index (χ1v) is 9.97. The van der Waals surface area contributed by atoms with Crippen LogP contribution in [0.15, 0.2) is 78.2 Å². The zero-order valence-corrected chi connectivity index (χ0v) is 16.6. The summed E-state index contributed by atoms with van der Waals surface area (Å²) >= 11 is 1.63. The molecule has 0 aliphatic heterocycles. The summed E-state index contributed by atoms with van der Waals surface area (Å²) < 4.78 is 0. The maximum absolute atomic E-state index is 12.5. The number of hydrogen-bond acceptors (Lipinski definition) is 3. The Bertz CT molecular complexity index is 1090. The number of nitrogens with one attached hydrogen (secondary N) is 1. The Morgan fingerprint density at radius 1 is 0.857 bits per heavy atom. The molecular formula is C24H20N2OS. The van der Waals surface area contributed by atoms with Gasteiger partial charge in [0, 0.05) is 27.8 Å². The number of nitrogens with zero attached hydrogens (tertiary/aromatic N) is 1. The second kappa shape index (κ2) is 7.79. The van der Waals surface area contributed by atoms with E-state index < -0.39 is 0 Å². The Morgan fingerprint density at radius 2 is 1.54 bits per heavy atom. The van der Waals surface area contributed by atoms with Gasteiger partial charge in [-0.2, -0.15) is 0 Å². The average Bonchev–Trinajstić information content (AvgIpc) is 3.19. The summed E-state index contributed by atoms with van der Waals surface area (Å²) in [5, 5.41) is 6.03. The molecule has 138 valence electrons. The van der Waals surface area contributed by atoms with Crippen LogP contribution in [0.1, 0.15) is 21.5 Å². The topological polar surface area (TPSA) is 42.0 Å². The summed E-state index contributed by atoms with van der Waals surface area (Å²) in [7, 11) is 0. The number of thiazole rings is 1. The molecule has 0 saturated carbocycles. The van der Waals surface area contributed by atoms with Gasteiger partial charge in [0.05, 0.1) is 5.69 Å². The molecule has 0 atom stereocenters. The predicted molar refractivity (Wildman–Crippen MR) is 117 cm³/mol. The van der Waals surface area contributed by atoms with Crippen LogP contribution in [0.25, 0.3) is 21.8 Å². The minimum absolute atomic E-state index is 0.0976. The molecule has 3 aromatic carbocycles. The highest BCUT2D eigenvalue weighted by Crippen LogP contribution is 2.29. The van der Waals surface area contributed by atoms with Crippen LogP contribution in [-0.4, -0.2) is 10.9 Å².